The van der Waals surface area contributed by atoms with Gasteiger partial charge in [-0.25, -0.2) is 47.9 Å². The number of hydrogen-bond donors (Lipinski definition) is 5. The summed E-state index contributed by atoms with van der Waals surface area (Å²) < 4.78 is 48.2. The number of nitro benzene ring substituents is 3. The zero-order chi connectivity index (χ0) is 96.7. The molecule has 129 heavy (non-hydrogen) atoms. The fourth-order valence-electron chi connectivity index (χ4n) is 13.9. The van der Waals surface area contributed by atoms with E-state index in [0.717, 1.165) is 7.11 Å². The van der Waals surface area contributed by atoms with Crippen molar-refractivity contribution in [3.63, 3.8) is 0 Å². The van der Waals surface area contributed by atoms with Gasteiger partial charge in [0, 0.05) is 87.0 Å². The standard InChI is InChI=1S/3C17H18N2O6.C17H16N2O6.C17H16N2O5.C2H6.CH4O.CH4/c4*1-9-13(16(20)24-3)15(14(10(2)18-9)17(21)25-4)11-7-5-6-8-12(11)19(22)23;1-9-13(16(20)23-3)15(11-7-5-6-8-12(11)19-22)14(10(2)18-9)17(21)24-4;2*1-2;/h5-8,22-23H,1-4H3;2*5-8,15,18H,1-4H3;5-8H,1-4H3;5-8H,1-4H3;1-2H3;2H,1H3;1H4. The predicted molar refractivity (Wildman–Crippen MR) is 467 cm³/mol. The summed E-state index contributed by atoms with van der Waals surface area (Å²) in [6.07, 6.45) is 0. The van der Waals surface area contributed by atoms with Gasteiger partial charge in [0.25, 0.3) is 17.1 Å². The predicted octanol–water partition coefficient (Wildman–Crippen LogP) is 14.3. The second-order valence-electron chi connectivity index (χ2n) is 26.2. The van der Waals surface area contributed by atoms with Crippen LogP contribution in [0.15, 0.2) is 172 Å². The summed E-state index contributed by atoms with van der Waals surface area (Å²) in [6.45, 7) is 20.2. The van der Waals surface area contributed by atoms with Gasteiger partial charge in [0.15, 0.2) is 0 Å². The van der Waals surface area contributed by atoms with Crippen molar-refractivity contribution >= 4 is 88.1 Å². The van der Waals surface area contributed by atoms with Crippen LogP contribution in [0.1, 0.15) is 168 Å². The number of aromatic nitrogens is 3. The molecule has 5 N–H and O–H groups in total. The number of aryl methyl sites for hydroxylation is 6. The number of allylic oxidation sites excluding steroid dienone is 4. The third-order valence-electron chi connectivity index (χ3n) is 19.1. The number of rotatable bonds is 20. The van der Waals surface area contributed by atoms with Crippen LogP contribution >= 0.6 is 0 Å². The number of benzene rings is 5. The molecular formula is C89H100N10O30. The normalized spacial score (nSPS) is 11.7. The first-order valence-corrected chi connectivity index (χ1v) is 37.9. The number of pyridine rings is 3. The summed E-state index contributed by atoms with van der Waals surface area (Å²) in [6, 6.07) is 30.4. The van der Waals surface area contributed by atoms with Gasteiger partial charge in [-0.1, -0.05) is 106 Å². The third kappa shape index (κ3) is 24.3. The molecular weight excluding hydrogens is 1690 g/mol. The molecule has 10 rings (SSSR count). The van der Waals surface area contributed by atoms with Crippen LogP contribution in [-0.2, 0) is 66.5 Å². The highest BCUT2D eigenvalue weighted by Crippen LogP contribution is 2.46. The van der Waals surface area contributed by atoms with E-state index in [0.29, 0.717) is 62.5 Å². The highest BCUT2D eigenvalue weighted by molar-refractivity contribution is 6.11. The number of carbonyl (C=O) groups is 10. The topological polar surface area (TPSA) is 549 Å². The number of nitrogens with zero attached hydrogens (tertiary/aromatic N) is 8. The van der Waals surface area contributed by atoms with Crippen LogP contribution in [0.3, 0.4) is 0 Å². The summed E-state index contributed by atoms with van der Waals surface area (Å²) in [5.41, 5.74) is 5.64. The largest absolute Gasteiger partial charge is 0.466 e. The van der Waals surface area contributed by atoms with E-state index >= 15 is 0 Å². The molecule has 40 nitrogen and oxygen atoms in total. The lowest BCUT2D eigenvalue weighted by atomic mass is 9.79. The van der Waals surface area contributed by atoms with Crippen molar-refractivity contribution in [3.8, 4) is 33.4 Å². The maximum atomic E-state index is 12.3. The van der Waals surface area contributed by atoms with E-state index in [1.54, 1.807) is 124 Å². The van der Waals surface area contributed by atoms with Crippen LogP contribution in [0.25, 0.3) is 33.4 Å². The molecule has 0 atom stereocenters. The molecule has 0 amide bonds. The van der Waals surface area contributed by atoms with Crippen molar-refractivity contribution in [2.75, 3.05) is 83.4 Å². The molecule has 0 saturated heterocycles. The maximum absolute atomic E-state index is 12.3. The van der Waals surface area contributed by atoms with Gasteiger partial charge in [-0.15, -0.1) is 10.1 Å². The first-order chi connectivity index (χ1) is 60.8. The molecule has 0 aliphatic carbocycles. The molecule has 0 bridgehead atoms. The lowest BCUT2D eigenvalue weighted by Crippen LogP contribution is -2.32. The summed E-state index contributed by atoms with van der Waals surface area (Å²) in [5, 5.41) is 69.1. The molecule has 2 aliphatic rings. The number of nitro groups is 3. The van der Waals surface area contributed by atoms with Crippen molar-refractivity contribution in [3.05, 3.63) is 280 Å². The smallest absolute Gasteiger partial charge is 0.340 e. The van der Waals surface area contributed by atoms with E-state index in [4.69, 9.17) is 52.5 Å². The lowest BCUT2D eigenvalue weighted by molar-refractivity contribution is -0.385. The number of hydrogen-bond acceptors (Lipinski definition) is 37. The second-order valence-corrected chi connectivity index (χ2v) is 26.2. The molecule has 5 aromatic carbocycles. The highest BCUT2D eigenvalue weighted by atomic mass is 16.8. The van der Waals surface area contributed by atoms with Gasteiger partial charge in [0.05, 0.1) is 193 Å². The first kappa shape index (κ1) is 107. The number of nitroso groups, excluding NO2 is 1. The number of para-hydroxylation sites is 4. The Hall–Kier alpha value is -15.7. The molecule has 0 radical (unpaired) electrons. The molecule has 0 fully saturated rings. The molecule has 5 heterocycles. The zero-order valence-corrected chi connectivity index (χ0v) is 74.1. The van der Waals surface area contributed by atoms with Crippen molar-refractivity contribution in [2.45, 2.75) is 102 Å². The summed E-state index contributed by atoms with van der Waals surface area (Å²) in [4.78, 5) is 180. The summed E-state index contributed by atoms with van der Waals surface area (Å²) in [7, 11) is 13.1. The third-order valence-corrected chi connectivity index (χ3v) is 19.1. The molecule has 0 saturated carbocycles. The number of aliphatic hydroxyl groups is 1. The quantitative estimate of drug-likeness (QED) is 0.0155. The molecule has 0 unspecified atom stereocenters. The minimum absolute atomic E-state index is 0. The Balaban J connectivity index is 0.000000411. The zero-order valence-electron chi connectivity index (χ0n) is 74.1. The monoisotopic (exact) mass is 1790 g/mol. The van der Waals surface area contributed by atoms with E-state index in [-0.39, 0.29) is 136 Å². The number of anilines is 1. The number of nitrogens with one attached hydrogen (secondary N) is 2. The van der Waals surface area contributed by atoms with Crippen LogP contribution in [0, 0.1) is 76.8 Å². The van der Waals surface area contributed by atoms with E-state index in [1.807, 2.05) is 13.8 Å². The van der Waals surface area contributed by atoms with Crippen molar-refractivity contribution in [2.24, 2.45) is 5.18 Å². The van der Waals surface area contributed by atoms with Gasteiger partial charge in [0.1, 0.15) is 11.4 Å². The number of methoxy groups -OCH3 is 10. The fourth-order valence-corrected chi connectivity index (χ4v) is 13.9. The molecule has 686 valence electrons. The highest BCUT2D eigenvalue weighted by Gasteiger charge is 2.43. The second kappa shape index (κ2) is 49.7. The number of carbonyl (C=O) groups excluding carboxylic acids is 10. The summed E-state index contributed by atoms with van der Waals surface area (Å²) >= 11 is 0. The first-order valence-electron chi connectivity index (χ1n) is 37.9. The van der Waals surface area contributed by atoms with Crippen molar-refractivity contribution in [1.29, 1.82) is 0 Å². The summed E-state index contributed by atoms with van der Waals surface area (Å²) in [5.74, 6) is -8.89. The van der Waals surface area contributed by atoms with Gasteiger partial charge in [-0.05, 0) is 92.6 Å². The molecule has 0 spiro atoms. The van der Waals surface area contributed by atoms with Crippen LogP contribution in [0.4, 0.5) is 28.4 Å². The minimum Gasteiger partial charge on any atom is -0.466 e. The van der Waals surface area contributed by atoms with Crippen LogP contribution < -0.4 is 15.9 Å². The minimum atomic E-state index is -0.970. The number of dihydropyridines is 2. The van der Waals surface area contributed by atoms with Gasteiger partial charge in [-0.3, -0.25) is 55.7 Å². The van der Waals surface area contributed by atoms with Gasteiger partial charge in [0.2, 0.25) is 0 Å². The Morgan fingerprint density at radius 2 is 0.558 bits per heavy atom. The molecule has 3 aromatic heterocycles. The van der Waals surface area contributed by atoms with Gasteiger partial charge >= 0.3 is 59.7 Å². The number of esters is 10. The van der Waals surface area contributed by atoms with E-state index < -0.39 is 86.3 Å². The van der Waals surface area contributed by atoms with E-state index in [2.05, 4.69) is 30.8 Å². The molecule has 2 aliphatic heterocycles. The van der Waals surface area contributed by atoms with Gasteiger partial charge in [-0.2, -0.15) is 0 Å². The SMILES string of the molecule is C.CC.CO.COC(=O)C1=C(C)NC(C)=C(C(=O)OC)C1c1ccccc1[N+](=O)[O-].COC(=O)C1=C(C)NC(C)=C(C(=O)OC)C1c1ccccc1[N+](=O)[O-].COC(=O)c1c(C)nc(C)c(C(=O)OC)c1-c1ccccc1N(O)O.COC(=O)c1c(C)nc(C)c(C(=O)OC)c1-c1ccccc1N=O.COC(=O)c1c(C)nc(C)c(C(=O)OC)c1-c1ccccc1[N+](=O)[O-]. The van der Waals surface area contributed by atoms with E-state index in [9.17, 15) is 93.6 Å². The van der Waals surface area contributed by atoms with Crippen molar-refractivity contribution < 1.29 is 126 Å². The molecule has 40 heteroatoms. The number of ether oxygens (including phenoxy) is 10. The van der Waals surface area contributed by atoms with Crippen LogP contribution in [-0.4, -0.2) is 183 Å². The lowest BCUT2D eigenvalue weighted by Gasteiger charge is -2.29. The average Bonchev–Trinajstić information content (AvgIpc) is 0.780. The fraction of sp³-hybridized carbons (Fsp3) is 0.292. The average molecular weight is 1790 g/mol. The van der Waals surface area contributed by atoms with E-state index in [1.165, 1.54) is 138 Å². The Labute approximate surface area is 740 Å². The Morgan fingerprint density at radius 3 is 0.814 bits per heavy atom. The van der Waals surface area contributed by atoms with Crippen LogP contribution in [0.2, 0.25) is 0 Å². The Kier molecular flexibility index (Phi) is 41.4. The van der Waals surface area contributed by atoms with Crippen molar-refractivity contribution in [1.82, 2.24) is 25.6 Å². The number of aliphatic hydroxyl groups excluding tert-OH is 1. The van der Waals surface area contributed by atoms with Gasteiger partial charge < -0.3 is 63.1 Å². The molecule has 8 aromatic rings. The Bertz CT molecular complexity index is 5440. The van der Waals surface area contributed by atoms with Crippen LogP contribution in [0.5, 0.6) is 0 Å². The Morgan fingerprint density at radius 1 is 0.341 bits per heavy atom. The maximum Gasteiger partial charge on any atom is 0.340 e.